The van der Waals surface area contributed by atoms with Crippen LogP contribution in [-0.4, -0.2) is 66.5 Å². The van der Waals surface area contributed by atoms with Crippen molar-refractivity contribution in [3.63, 3.8) is 0 Å². The number of benzene rings is 2. The number of hydrogen-bond acceptors (Lipinski definition) is 4. The van der Waals surface area contributed by atoms with E-state index in [1.54, 1.807) is 23.1 Å². The first kappa shape index (κ1) is 29.0. The summed E-state index contributed by atoms with van der Waals surface area (Å²) in [7, 11) is 1.54. The maximum absolute atomic E-state index is 13.7. The van der Waals surface area contributed by atoms with Gasteiger partial charge in [-0.1, -0.05) is 75.1 Å². The molecule has 0 saturated carbocycles. The van der Waals surface area contributed by atoms with Gasteiger partial charge in [0.05, 0.1) is 12.8 Å². The summed E-state index contributed by atoms with van der Waals surface area (Å²) >= 11 is 0. The van der Waals surface area contributed by atoms with Gasteiger partial charge in [-0.05, 0) is 31.0 Å². The van der Waals surface area contributed by atoms with Crippen LogP contribution >= 0.6 is 0 Å². The van der Waals surface area contributed by atoms with Crippen molar-refractivity contribution < 1.29 is 19.1 Å². The molecule has 8 nitrogen and oxygen atoms in total. The molecule has 1 heterocycles. The zero-order chi connectivity index (χ0) is 27.3. The first-order valence-corrected chi connectivity index (χ1v) is 13.8. The molecule has 38 heavy (non-hydrogen) atoms. The maximum atomic E-state index is 13.7. The highest BCUT2D eigenvalue weighted by molar-refractivity contribution is 5.95. The van der Waals surface area contributed by atoms with E-state index in [9.17, 15) is 14.4 Å². The summed E-state index contributed by atoms with van der Waals surface area (Å²) in [5, 5.41) is 5.68. The van der Waals surface area contributed by atoms with Gasteiger partial charge >= 0.3 is 6.03 Å². The summed E-state index contributed by atoms with van der Waals surface area (Å²) in [5.41, 5.74) is 1.47. The average Bonchev–Trinajstić information content (AvgIpc) is 2.92. The lowest BCUT2D eigenvalue weighted by molar-refractivity contribution is -0.143. The van der Waals surface area contributed by atoms with E-state index in [2.05, 4.69) is 17.6 Å². The average molecular weight is 523 g/mol. The Hall–Kier alpha value is -3.55. The van der Waals surface area contributed by atoms with Gasteiger partial charge in [0, 0.05) is 38.5 Å². The van der Waals surface area contributed by atoms with Crippen molar-refractivity contribution in [2.24, 2.45) is 0 Å². The standard InChI is InChI=1S/C30H42N4O4/c1-4-5-6-7-11-18-28(35)34-20-19-33(22-23(34)2)29(36)26(21-24-14-9-8-10-15-24)32-30(37)31-25-16-12-13-17-27(25)38-3/h8-10,12-17,23,26H,4-7,11,18-22H2,1-3H3,(H2,31,32,37). The molecule has 8 heteroatoms. The molecule has 2 aromatic rings. The number of amides is 4. The van der Waals surface area contributed by atoms with Gasteiger partial charge in [0.1, 0.15) is 11.8 Å². The van der Waals surface area contributed by atoms with Crippen molar-refractivity contribution in [3.05, 3.63) is 60.2 Å². The van der Waals surface area contributed by atoms with Crippen LogP contribution in [0.3, 0.4) is 0 Å². The number of nitrogens with zero attached hydrogens (tertiary/aromatic N) is 2. The lowest BCUT2D eigenvalue weighted by Gasteiger charge is -2.41. The van der Waals surface area contributed by atoms with Crippen molar-refractivity contribution in [1.29, 1.82) is 0 Å². The first-order chi connectivity index (χ1) is 18.4. The van der Waals surface area contributed by atoms with Crippen LogP contribution in [0, 0.1) is 0 Å². The van der Waals surface area contributed by atoms with Crippen LogP contribution < -0.4 is 15.4 Å². The topological polar surface area (TPSA) is 91.0 Å². The second-order valence-electron chi connectivity index (χ2n) is 9.93. The van der Waals surface area contributed by atoms with Crippen LogP contribution in [-0.2, 0) is 16.0 Å². The molecular weight excluding hydrogens is 480 g/mol. The van der Waals surface area contributed by atoms with E-state index in [-0.39, 0.29) is 17.9 Å². The molecule has 2 aromatic carbocycles. The van der Waals surface area contributed by atoms with Gasteiger partial charge in [-0.25, -0.2) is 4.79 Å². The Labute approximate surface area is 226 Å². The molecule has 0 radical (unpaired) electrons. The molecule has 206 valence electrons. The Morgan fingerprint density at radius 3 is 2.39 bits per heavy atom. The smallest absolute Gasteiger partial charge is 0.320 e. The highest BCUT2D eigenvalue weighted by Gasteiger charge is 2.33. The SMILES string of the molecule is CCCCCCCC(=O)N1CCN(C(=O)C(Cc2ccccc2)NC(=O)Nc2ccccc2OC)CC1C. The fourth-order valence-electron chi connectivity index (χ4n) is 4.89. The molecule has 1 fully saturated rings. The molecule has 3 rings (SSSR count). The van der Waals surface area contributed by atoms with Gasteiger partial charge in [0.15, 0.2) is 0 Å². The van der Waals surface area contributed by atoms with Crippen LogP contribution in [0.5, 0.6) is 5.75 Å². The molecule has 0 spiro atoms. The summed E-state index contributed by atoms with van der Waals surface area (Å²) in [4.78, 5) is 43.1. The molecule has 0 aromatic heterocycles. The van der Waals surface area contributed by atoms with Crippen molar-refractivity contribution in [1.82, 2.24) is 15.1 Å². The molecule has 1 aliphatic heterocycles. The molecular formula is C30H42N4O4. The molecule has 2 atom stereocenters. The number of nitrogens with one attached hydrogen (secondary N) is 2. The largest absolute Gasteiger partial charge is 0.495 e. The van der Waals surface area contributed by atoms with E-state index in [1.807, 2.05) is 48.2 Å². The van der Waals surface area contributed by atoms with Gasteiger partial charge in [-0.2, -0.15) is 0 Å². The van der Waals surface area contributed by atoms with Crippen LogP contribution in [0.25, 0.3) is 0 Å². The minimum atomic E-state index is -0.750. The van der Waals surface area contributed by atoms with Crippen LogP contribution in [0.2, 0.25) is 0 Å². The van der Waals surface area contributed by atoms with Gasteiger partial charge in [-0.3, -0.25) is 9.59 Å². The predicted octanol–water partition coefficient (Wildman–Crippen LogP) is 4.85. The lowest BCUT2D eigenvalue weighted by atomic mass is 10.0. The third kappa shape index (κ3) is 8.50. The maximum Gasteiger partial charge on any atom is 0.320 e. The van der Waals surface area contributed by atoms with E-state index in [0.29, 0.717) is 43.9 Å². The third-order valence-electron chi connectivity index (χ3n) is 6.99. The van der Waals surface area contributed by atoms with Crippen molar-refractivity contribution in [2.75, 3.05) is 32.1 Å². The summed E-state index contributed by atoms with van der Waals surface area (Å²) in [5.74, 6) is 0.548. The van der Waals surface area contributed by atoms with Crippen LogP contribution in [0.4, 0.5) is 10.5 Å². The minimum Gasteiger partial charge on any atom is -0.495 e. The minimum absolute atomic E-state index is 0.0735. The zero-order valence-electron chi connectivity index (χ0n) is 22.9. The number of carbonyl (C=O) groups is 3. The zero-order valence-corrected chi connectivity index (χ0v) is 22.9. The fourth-order valence-corrected chi connectivity index (χ4v) is 4.89. The van der Waals surface area contributed by atoms with Gasteiger partial charge in [0.25, 0.3) is 0 Å². The van der Waals surface area contributed by atoms with E-state index >= 15 is 0 Å². The Morgan fingerprint density at radius 1 is 0.974 bits per heavy atom. The third-order valence-corrected chi connectivity index (χ3v) is 6.99. The number of para-hydroxylation sites is 2. The predicted molar refractivity (Wildman–Crippen MR) is 150 cm³/mol. The number of ether oxygens (including phenoxy) is 1. The molecule has 0 bridgehead atoms. The van der Waals surface area contributed by atoms with E-state index in [0.717, 1.165) is 18.4 Å². The normalized spacial score (nSPS) is 16.0. The van der Waals surface area contributed by atoms with Crippen LogP contribution in [0.15, 0.2) is 54.6 Å². The second-order valence-corrected chi connectivity index (χ2v) is 9.93. The fraction of sp³-hybridized carbons (Fsp3) is 0.500. The molecule has 0 aliphatic carbocycles. The summed E-state index contributed by atoms with van der Waals surface area (Å²) in [6, 6.07) is 15.5. The Morgan fingerprint density at radius 2 is 1.68 bits per heavy atom. The van der Waals surface area contributed by atoms with Crippen LogP contribution in [0.1, 0.15) is 57.9 Å². The van der Waals surface area contributed by atoms with E-state index in [1.165, 1.54) is 26.4 Å². The molecule has 1 saturated heterocycles. The monoisotopic (exact) mass is 522 g/mol. The van der Waals surface area contributed by atoms with E-state index in [4.69, 9.17) is 4.74 Å². The highest BCUT2D eigenvalue weighted by Crippen LogP contribution is 2.23. The Bertz CT molecular complexity index is 1050. The van der Waals surface area contributed by atoms with Gasteiger partial charge in [-0.15, -0.1) is 0 Å². The van der Waals surface area contributed by atoms with Crippen molar-refractivity contribution >= 4 is 23.5 Å². The quantitative estimate of drug-likeness (QED) is 0.390. The van der Waals surface area contributed by atoms with Crippen molar-refractivity contribution in [3.8, 4) is 5.75 Å². The molecule has 2 N–H and O–H groups in total. The highest BCUT2D eigenvalue weighted by atomic mass is 16.5. The summed E-state index contributed by atoms with van der Waals surface area (Å²) in [6.07, 6.45) is 6.48. The second kappa shape index (κ2) is 15.0. The van der Waals surface area contributed by atoms with Gasteiger partial charge < -0.3 is 25.2 Å². The number of rotatable bonds is 12. The number of unbranched alkanes of at least 4 members (excludes halogenated alkanes) is 4. The number of hydrogen-bond donors (Lipinski definition) is 2. The number of carbonyl (C=O) groups excluding carboxylic acids is 3. The summed E-state index contributed by atoms with van der Waals surface area (Å²) in [6.45, 7) is 5.57. The number of anilines is 1. The lowest BCUT2D eigenvalue weighted by Crippen LogP contribution is -2.59. The molecule has 1 aliphatic rings. The summed E-state index contributed by atoms with van der Waals surface area (Å²) < 4.78 is 5.32. The Kier molecular flexibility index (Phi) is 11.5. The number of piperazine rings is 1. The molecule has 2 unspecified atom stereocenters. The Balaban J connectivity index is 1.63. The number of methoxy groups -OCH3 is 1. The van der Waals surface area contributed by atoms with Gasteiger partial charge in [0.2, 0.25) is 11.8 Å². The van der Waals surface area contributed by atoms with Crippen molar-refractivity contribution in [2.45, 2.75) is 70.9 Å². The number of urea groups is 1. The first-order valence-electron chi connectivity index (χ1n) is 13.8. The molecule has 4 amide bonds. The van der Waals surface area contributed by atoms with E-state index < -0.39 is 12.1 Å².